The third-order valence-corrected chi connectivity index (χ3v) is 4.33. The summed E-state index contributed by atoms with van der Waals surface area (Å²) >= 11 is 1.41. The molecule has 0 aliphatic rings. The van der Waals surface area contributed by atoms with Crippen molar-refractivity contribution in [2.45, 2.75) is 17.9 Å². The Hall–Kier alpha value is -2.60. The number of carbonyl (C=O) groups is 1. The van der Waals surface area contributed by atoms with Crippen LogP contribution in [0, 0.1) is 0 Å². The van der Waals surface area contributed by atoms with Gasteiger partial charge in [-0.3, -0.25) is 4.79 Å². The van der Waals surface area contributed by atoms with Crippen LogP contribution in [0.1, 0.15) is 22.8 Å². The second-order valence-corrected chi connectivity index (χ2v) is 6.04. The molecule has 3 aromatic rings. The molecule has 3 rings (SSSR count). The Kier molecular flexibility index (Phi) is 4.96. The summed E-state index contributed by atoms with van der Waals surface area (Å²) in [6, 6.07) is 15.0. The van der Waals surface area contributed by atoms with E-state index in [-0.39, 0.29) is 5.78 Å². The average Bonchev–Trinajstić information content (AvgIpc) is 3.09. The van der Waals surface area contributed by atoms with Crippen LogP contribution in [0.3, 0.4) is 0 Å². The van der Waals surface area contributed by atoms with Crippen molar-refractivity contribution in [2.75, 3.05) is 7.11 Å². The lowest BCUT2D eigenvalue weighted by molar-refractivity contribution is 0.101. The molecule has 0 fully saturated rings. The fourth-order valence-electron chi connectivity index (χ4n) is 2.22. The van der Waals surface area contributed by atoms with Gasteiger partial charge in [0.15, 0.2) is 5.78 Å². The number of ether oxygens (including phenoxy) is 1. The predicted molar refractivity (Wildman–Crippen MR) is 92.3 cm³/mol. The highest BCUT2D eigenvalue weighted by Gasteiger charge is 2.12. The maximum atomic E-state index is 11.5. The van der Waals surface area contributed by atoms with E-state index in [2.05, 4.69) is 10.2 Å². The molecule has 0 aliphatic carbocycles. The summed E-state index contributed by atoms with van der Waals surface area (Å²) < 4.78 is 11.0. The van der Waals surface area contributed by atoms with E-state index in [9.17, 15) is 4.79 Å². The molecule has 6 heteroatoms. The molecule has 0 saturated carbocycles. The second kappa shape index (κ2) is 7.31. The third-order valence-electron chi connectivity index (χ3n) is 3.47. The number of methoxy groups -OCH3 is 1. The first kappa shape index (κ1) is 16.3. The number of nitrogens with zero attached hydrogens (tertiary/aromatic N) is 2. The van der Waals surface area contributed by atoms with E-state index in [1.54, 1.807) is 26.2 Å². The van der Waals surface area contributed by atoms with Crippen molar-refractivity contribution >= 4 is 17.5 Å². The molecule has 24 heavy (non-hydrogen) atoms. The van der Waals surface area contributed by atoms with Gasteiger partial charge in [-0.2, -0.15) is 0 Å². The first-order valence-corrected chi connectivity index (χ1v) is 8.35. The molecule has 0 atom stereocenters. The van der Waals surface area contributed by atoms with E-state index < -0.39 is 0 Å². The Labute approximate surface area is 144 Å². The molecule has 5 nitrogen and oxygen atoms in total. The minimum absolute atomic E-state index is 0.0213. The summed E-state index contributed by atoms with van der Waals surface area (Å²) in [6.45, 7) is 1.54. The number of Topliss-reactive ketones (excluding diaryl/α,β-unsaturated/α-hetero) is 1. The van der Waals surface area contributed by atoms with Gasteiger partial charge in [0.2, 0.25) is 5.89 Å². The van der Waals surface area contributed by atoms with Crippen LogP contribution < -0.4 is 4.74 Å². The predicted octanol–water partition coefficient (Wildman–Crippen LogP) is 4.24. The fraction of sp³-hybridized carbons (Fsp3) is 0.167. The summed E-state index contributed by atoms with van der Waals surface area (Å²) in [4.78, 5) is 11.5. The van der Waals surface area contributed by atoms with Crippen molar-refractivity contribution in [2.24, 2.45) is 0 Å². The monoisotopic (exact) mass is 340 g/mol. The highest BCUT2D eigenvalue weighted by molar-refractivity contribution is 7.98. The molecule has 1 heterocycles. The van der Waals surface area contributed by atoms with Gasteiger partial charge in [0, 0.05) is 22.4 Å². The molecule has 0 bridgehead atoms. The lowest BCUT2D eigenvalue weighted by Crippen LogP contribution is -1.96. The van der Waals surface area contributed by atoms with E-state index in [0.29, 0.717) is 22.4 Å². The van der Waals surface area contributed by atoms with Crippen molar-refractivity contribution < 1.29 is 13.9 Å². The fourth-order valence-corrected chi connectivity index (χ4v) is 2.96. The number of rotatable bonds is 6. The van der Waals surface area contributed by atoms with E-state index in [1.165, 1.54) is 11.8 Å². The zero-order valence-electron chi connectivity index (χ0n) is 13.4. The Balaban J connectivity index is 1.75. The number of ketones is 1. The van der Waals surface area contributed by atoms with Gasteiger partial charge in [-0.15, -0.1) is 10.2 Å². The quantitative estimate of drug-likeness (QED) is 0.494. The van der Waals surface area contributed by atoms with Crippen LogP contribution >= 0.6 is 11.8 Å². The molecule has 0 amide bonds. The first-order valence-electron chi connectivity index (χ1n) is 7.37. The van der Waals surface area contributed by atoms with Gasteiger partial charge in [0.05, 0.1) is 7.11 Å². The van der Waals surface area contributed by atoms with E-state index in [4.69, 9.17) is 9.15 Å². The third kappa shape index (κ3) is 3.65. The van der Waals surface area contributed by atoms with Crippen LogP contribution in [0.15, 0.2) is 58.2 Å². The molecule has 2 aromatic carbocycles. The SMILES string of the molecule is COc1ccc(C(C)=O)cc1CSc1nnc(-c2ccccc2)o1. The molecule has 0 radical (unpaired) electrons. The van der Waals surface area contributed by atoms with Crippen LogP contribution in [0.25, 0.3) is 11.5 Å². The van der Waals surface area contributed by atoms with Gasteiger partial charge >= 0.3 is 0 Å². The lowest BCUT2D eigenvalue weighted by atomic mass is 10.1. The number of benzene rings is 2. The second-order valence-electron chi connectivity index (χ2n) is 5.11. The summed E-state index contributed by atoms with van der Waals surface area (Å²) in [5.74, 6) is 1.81. The normalized spacial score (nSPS) is 10.6. The topological polar surface area (TPSA) is 65.2 Å². The zero-order valence-corrected chi connectivity index (χ0v) is 14.2. The summed E-state index contributed by atoms with van der Waals surface area (Å²) in [5.41, 5.74) is 2.45. The highest BCUT2D eigenvalue weighted by atomic mass is 32.2. The first-order chi connectivity index (χ1) is 11.7. The summed E-state index contributed by atoms with van der Waals surface area (Å²) in [5, 5.41) is 8.60. The largest absolute Gasteiger partial charge is 0.496 e. The molecule has 0 saturated heterocycles. The standard InChI is InChI=1S/C18H16N2O3S/c1-12(21)14-8-9-16(22-2)15(10-14)11-24-18-20-19-17(23-18)13-6-4-3-5-7-13/h3-10H,11H2,1-2H3. The molecule has 0 N–H and O–H groups in total. The minimum atomic E-state index is 0.0213. The van der Waals surface area contributed by atoms with Crippen LogP contribution in [-0.2, 0) is 5.75 Å². The Morgan fingerprint density at radius 3 is 2.67 bits per heavy atom. The van der Waals surface area contributed by atoms with Crippen molar-refractivity contribution in [3.05, 3.63) is 59.7 Å². The van der Waals surface area contributed by atoms with E-state index in [0.717, 1.165) is 16.9 Å². The molecule has 0 aliphatic heterocycles. The Morgan fingerprint density at radius 2 is 1.96 bits per heavy atom. The van der Waals surface area contributed by atoms with Crippen molar-refractivity contribution in [1.29, 1.82) is 0 Å². The molecule has 0 unspecified atom stereocenters. The number of carbonyl (C=O) groups excluding carboxylic acids is 1. The smallest absolute Gasteiger partial charge is 0.277 e. The van der Waals surface area contributed by atoms with Gasteiger partial charge < -0.3 is 9.15 Å². The molecule has 1 aromatic heterocycles. The Morgan fingerprint density at radius 1 is 1.17 bits per heavy atom. The van der Waals surface area contributed by atoms with Crippen molar-refractivity contribution in [1.82, 2.24) is 10.2 Å². The van der Waals surface area contributed by atoms with Gasteiger partial charge in [0.1, 0.15) is 5.75 Å². The van der Waals surface area contributed by atoms with E-state index in [1.807, 2.05) is 36.4 Å². The minimum Gasteiger partial charge on any atom is -0.496 e. The van der Waals surface area contributed by atoms with Crippen LogP contribution in [-0.4, -0.2) is 23.1 Å². The van der Waals surface area contributed by atoms with Crippen LogP contribution in [0.5, 0.6) is 5.75 Å². The molecule has 122 valence electrons. The van der Waals surface area contributed by atoms with Crippen LogP contribution in [0.4, 0.5) is 0 Å². The lowest BCUT2D eigenvalue weighted by Gasteiger charge is -2.08. The molecular weight excluding hydrogens is 324 g/mol. The van der Waals surface area contributed by atoms with Crippen molar-refractivity contribution in [3.63, 3.8) is 0 Å². The Bertz CT molecular complexity index is 846. The van der Waals surface area contributed by atoms with Crippen LogP contribution in [0.2, 0.25) is 0 Å². The average molecular weight is 340 g/mol. The van der Waals surface area contributed by atoms with Crippen molar-refractivity contribution in [3.8, 4) is 17.2 Å². The number of hydrogen-bond acceptors (Lipinski definition) is 6. The van der Waals surface area contributed by atoms with E-state index >= 15 is 0 Å². The van der Waals surface area contributed by atoms with Gasteiger partial charge in [-0.25, -0.2) is 0 Å². The van der Waals surface area contributed by atoms with Gasteiger partial charge in [-0.1, -0.05) is 30.0 Å². The number of thioether (sulfide) groups is 1. The van der Waals surface area contributed by atoms with Gasteiger partial charge in [0.25, 0.3) is 5.22 Å². The molecule has 0 spiro atoms. The van der Waals surface area contributed by atoms with Gasteiger partial charge in [-0.05, 0) is 37.3 Å². The zero-order chi connectivity index (χ0) is 16.9. The maximum absolute atomic E-state index is 11.5. The summed E-state index contributed by atoms with van der Waals surface area (Å²) in [6.07, 6.45) is 0. The maximum Gasteiger partial charge on any atom is 0.277 e. The highest BCUT2D eigenvalue weighted by Crippen LogP contribution is 2.30. The molecular formula is C18H16N2O3S. The summed E-state index contributed by atoms with van der Waals surface area (Å²) in [7, 11) is 1.61. The number of hydrogen-bond donors (Lipinski definition) is 0. The number of aromatic nitrogens is 2.